The second-order valence-corrected chi connectivity index (χ2v) is 5.78. The lowest BCUT2D eigenvalue weighted by molar-refractivity contribution is -0.211. The van der Waals surface area contributed by atoms with E-state index in [0.717, 1.165) is 24.3 Å². The summed E-state index contributed by atoms with van der Waals surface area (Å²) < 4.78 is 90.9. The fourth-order valence-corrected chi connectivity index (χ4v) is 2.16. The Morgan fingerprint density at radius 1 is 1.10 bits per heavy atom. The molecule has 2 aromatic rings. The van der Waals surface area contributed by atoms with Gasteiger partial charge < -0.3 is 14.2 Å². The molecule has 2 rings (SSSR count). The number of aromatic nitrogens is 1. The van der Waals surface area contributed by atoms with Crippen molar-refractivity contribution in [1.29, 1.82) is 0 Å². The highest BCUT2D eigenvalue weighted by atomic mass is 35.5. The standard InChI is InChI=1S/C17H12ClF6NO4/c1-2-27-15(26)13(17(22,23)24)28-10-3-5-11(6-4-10)29-14-12(18)7-9(8-25-14)16(19,20)21/h3-8,13H,2H2,1H3. The Morgan fingerprint density at radius 2 is 1.69 bits per heavy atom. The molecule has 0 bridgehead atoms. The number of alkyl halides is 6. The molecular weight excluding hydrogens is 432 g/mol. The number of ether oxygens (including phenoxy) is 3. The third kappa shape index (κ3) is 6.14. The SMILES string of the molecule is CCOC(=O)C(Oc1ccc(Oc2ncc(C(F)(F)F)cc2Cl)cc1)C(F)(F)F. The van der Waals surface area contributed by atoms with Crippen LogP contribution >= 0.6 is 11.6 Å². The Bertz CT molecular complexity index is 854. The van der Waals surface area contributed by atoms with E-state index in [1.54, 1.807) is 0 Å². The third-order valence-corrected chi connectivity index (χ3v) is 3.50. The van der Waals surface area contributed by atoms with Crippen molar-refractivity contribution < 1.29 is 45.3 Å². The number of hydrogen-bond acceptors (Lipinski definition) is 5. The van der Waals surface area contributed by atoms with E-state index in [-0.39, 0.29) is 24.0 Å². The lowest BCUT2D eigenvalue weighted by atomic mass is 10.3. The van der Waals surface area contributed by atoms with Gasteiger partial charge in [0.1, 0.15) is 16.5 Å². The van der Waals surface area contributed by atoms with Crippen molar-refractivity contribution in [2.24, 2.45) is 0 Å². The molecule has 1 aromatic carbocycles. The molecule has 0 aliphatic heterocycles. The average Bonchev–Trinajstić information content (AvgIpc) is 2.61. The van der Waals surface area contributed by atoms with Gasteiger partial charge >= 0.3 is 18.3 Å². The highest BCUT2D eigenvalue weighted by molar-refractivity contribution is 6.31. The smallest absolute Gasteiger partial charge is 0.436 e. The molecule has 0 saturated carbocycles. The van der Waals surface area contributed by atoms with E-state index in [0.29, 0.717) is 12.3 Å². The van der Waals surface area contributed by atoms with Crippen LogP contribution in [0.3, 0.4) is 0 Å². The maximum Gasteiger partial charge on any atom is 0.436 e. The quantitative estimate of drug-likeness (QED) is 0.441. The molecule has 0 amide bonds. The first-order valence-electron chi connectivity index (χ1n) is 7.82. The second kappa shape index (κ2) is 8.76. The maximum absolute atomic E-state index is 13.0. The van der Waals surface area contributed by atoms with Gasteiger partial charge in [0.2, 0.25) is 5.88 Å². The first-order valence-corrected chi connectivity index (χ1v) is 8.20. The zero-order valence-electron chi connectivity index (χ0n) is 14.5. The van der Waals surface area contributed by atoms with Crippen molar-refractivity contribution in [3.05, 3.63) is 47.1 Å². The highest BCUT2D eigenvalue weighted by Gasteiger charge is 2.48. The first kappa shape index (κ1) is 22.6. The van der Waals surface area contributed by atoms with Crippen LogP contribution in [0.2, 0.25) is 5.02 Å². The minimum atomic E-state index is -5.00. The van der Waals surface area contributed by atoms with Gasteiger partial charge in [-0.15, -0.1) is 0 Å². The fourth-order valence-electron chi connectivity index (χ4n) is 1.96. The molecule has 0 aliphatic carbocycles. The minimum Gasteiger partial charge on any atom is -0.469 e. The number of carbonyl (C=O) groups is 1. The molecule has 12 heteroatoms. The number of nitrogens with zero attached hydrogens (tertiary/aromatic N) is 1. The summed E-state index contributed by atoms with van der Waals surface area (Å²) in [5.74, 6) is -2.25. The molecule has 0 aliphatic rings. The van der Waals surface area contributed by atoms with Crippen LogP contribution in [0, 0.1) is 0 Å². The molecule has 1 heterocycles. The number of carbonyl (C=O) groups excluding carboxylic acids is 1. The summed E-state index contributed by atoms with van der Waals surface area (Å²) in [5.41, 5.74) is -1.07. The van der Waals surface area contributed by atoms with E-state index in [9.17, 15) is 31.1 Å². The van der Waals surface area contributed by atoms with Gasteiger partial charge in [-0.25, -0.2) is 9.78 Å². The van der Waals surface area contributed by atoms with Gasteiger partial charge in [0.05, 0.1) is 12.2 Å². The van der Waals surface area contributed by atoms with E-state index in [1.807, 2.05) is 0 Å². The normalized spacial score (nSPS) is 13.0. The lowest BCUT2D eigenvalue weighted by Gasteiger charge is -2.20. The highest BCUT2D eigenvalue weighted by Crippen LogP contribution is 2.35. The van der Waals surface area contributed by atoms with E-state index >= 15 is 0 Å². The van der Waals surface area contributed by atoms with E-state index < -0.39 is 35.0 Å². The Hall–Kier alpha value is -2.69. The van der Waals surface area contributed by atoms with E-state index in [1.165, 1.54) is 6.92 Å². The Labute approximate surface area is 165 Å². The Balaban J connectivity index is 2.13. The predicted octanol–water partition coefficient (Wildman–Crippen LogP) is 5.42. The molecular formula is C17H12ClF6NO4. The minimum absolute atomic E-state index is 0.00574. The predicted molar refractivity (Wildman–Crippen MR) is 87.9 cm³/mol. The van der Waals surface area contributed by atoms with Crippen LogP contribution in [-0.2, 0) is 15.7 Å². The van der Waals surface area contributed by atoms with Crippen LogP contribution in [-0.4, -0.2) is 29.8 Å². The van der Waals surface area contributed by atoms with Crippen molar-refractivity contribution in [3.8, 4) is 17.4 Å². The number of pyridine rings is 1. The zero-order valence-corrected chi connectivity index (χ0v) is 15.2. The number of halogens is 7. The first-order chi connectivity index (χ1) is 13.4. The van der Waals surface area contributed by atoms with Crippen LogP contribution in [0.15, 0.2) is 36.5 Å². The Morgan fingerprint density at radius 3 is 2.17 bits per heavy atom. The molecule has 29 heavy (non-hydrogen) atoms. The second-order valence-electron chi connectivity index (χ2n) is 5.37. The van der Waals surface area contributed by atoms with E-state index in [4.69, 9.17) is 16.3 Å². The summed E-state index contributed by atoms with van der Waals surface area (Å²) in [6, 6.07) is 5.05. The number of esters is 1. The van der Waals surface area contributed by atoms with Crippen molar-refractivity contribution >= 4 is 17.6 Å². The average molecular weight is 444 g/mol. The zero-order chi connectivity index (χ0) is 21.8. The summed E-state index contributed by atoms with van der Waals surface area (Å²) >= 11 is 5.71. The van der Waals surface area contributed by atoms with E-state index in [2.05, 4.69) is 14.5 Å². The summed E-state index contributed by atoms with van der Waals surface area (Å²) in [5, 5.41) is -0.417. The third-order valence-electron chi connectivity index (χ3n) is 3.22. The van der Waals surface area contributed by atoms with Crippen molar-refractivity contribution in [3.63, 3.8) is 0 Å². The van der Waals surface area contributed by atoms with Crippen LogP contribution in [0.1, 0.15) is 12.5 Å². The van der Waals surface area contributed by atoms with Crippen molar-refractivity contribution in [1.82, 2.24) is 4.98 Å². The molecule has 158 valence electrons. The molecule has 1 atom stereocenters. The fraction of sp³-hybridized carbons (Fsp3) is 0.294. The molecule has 0 spiro atoms. The molecule has 0 N–H and O–H groups in total. The van der Waals surface area contributed by atoms with Crippen LogP contribution < -0.4 is 9.47 Å². The van der Waals surface area contributed by atoms with Crippen LogP contribution in [0.5, 0.6) is 17.4 Å². The molecule has 5 nitrogen and oxygen atoms in total. The molecule has 1 unspecified atom stereocenters. The number of rotatable bonds is 6. The van der Waals surface area contributed by atoms with Crippen LogP contribution in [0.4, 0.5) is 26.3 Å². The molecule has 0 saturated heterocycles. The van der Waals surface area contributed by atoms with Gasteiger partial charge in [0, 0.05) is 6.20 Å². The summed E-state index contributed by atoms with van der Waals surface area (Å²) in [7, 11) is 0. The molecule has 1 aromatic heterocycles. The van der Waals surface area contributed by atoms with Gasteiger partial charge in [0.25, 0.3) is 6.10 Å². The number of benzene rings is 1. The molecule has 0 fully saturated rings. The lowest BCUT2D eigenvalue weighted by Crippen LogP contribution is -2.42. The summed E-state index contributed by atoms with van der Waals surface area (Å²) in [6.07, 6.45) is -11.9. The van der Waals surface area contributed by atoms with Gasteiger partial charge in [-0.2, -0.15) is 26.3 Å². The maximum atomic E-state index is 13.0. The van der Waals surface area contributed by atoms with Crippen molar-refractivity contribution in [2.45, 2.75) is 25.4 Å². The summed E-state index contributed by atoms with van der Waals surface area (Å²) in [4.78, 5) is 14.9. The van der Waals surface area contributed by atoms with Crippen molar-refractivity contribution in [2.75, 3.05) is 6.61 Å². The summed E-state index contributed by atoms with van der Waals surface area (Å²) in [6.45, 7) is 1.08. The van der Waals surface area contributed by atoms with Gasteiger partial charge in [0.15, 0.2) is 0 Å². The largest absolute Gasteiger partial charge is 0.469 e. The van der Waals surface area contributed by atoms with Crippen LogP contribution in [0.25, 0.3) is 0 Å². The van der Waals surface area contributed by atoms with Gasteiger partial charge in [-0.05, 0) is 37.3 Å². The monoisotopic (exact) mass is 443 g/mol. The topological polar surface area (TPSA) is 57.7 Å². The Kier molecular flexibility index (Phi) is 6.83. The number of hydrogen-bond donors (Lipinski definition) is 0. The molecule has 0 radical (unpaired) electrons. The van der Waals surface area contributed by atoms with Gasteiger partial charge in [-0.1, -0.05) is 11.6 Å². The van der Waals surface area contributed by atoms with Gasteiger partial charge in [-0.3, -0.25) is 0 Å².